The zero-order valence-corrected chi connectivity index (χ0v) is 15.7. The SMILES string of the molecule is CCC(C)Nc1ccc(NS(=O)(=O)c2ccc3c(c2)CCCC3)cc1. The Hall–Kier alpha value is -2.01. The highest BCUT2D eigenvalue weighted by atomic mass is 32.2. The molecule has 1 aliphatic rings. The van der Waals surface area contributed by atoms with E-state index in [1.165, 1.54) is 17.5 Å². The van der Waals surface area contributed by atoms with Gasteiger partial charge in [-0.1, -0.05) is 13.0 Å². The number of sulfonamides is 1. The Morgan fingerprint density at radius 2 is 1.60 bits per heavy atom. The van der Waals surface area contributed by atoms with Crippen LogP contribution in [0.3, 0.4) is 0 Å². The summed E-state index contributed by atoms with van der Waals surface area (Å²) in [6, 6.07) is 13.3. The van der Waals surface area contributed by atoms with Crippen LogP contribution < -0.4 is 10.0 Å². The number of aryl methyl sites for hydroxylation is 2. The summed E-state index contributed by atoms with van der Waals surface area (Å²) in [6.45, 7) is 4.24. The van der Waals surface area contributed by atoms with E-state index in [1.807, 2.05) is 24.3 Å². The molecule has 0 saturated carbocycles. The quantitative estimate of drug-likeness (QED) is 0.795. The normalized spacial score (nSPS) is 15.3. The Morgan fingerprint density at radius 3 is 2.28 bits per heavy atom. The molecule has 2 N–H and O–H groups in total. The predicted octanol–water partition coefficient (Wildman–Crippen LogP) is 4.58. The maximum atomic E-state index is 12.7. The highest BCUT2D eigenvalue weighted by Crippen LogP contribution is 2.25. The third kappa shape index (κ3) is 4.34. The second kappa shape index (κ2) is 7.48. The van der Waals surface area contributed by atoms with Crippen molar-refractivity contribution in [2.24, 2.45) is 0 Å². The van der Waals surface area contributed by atoms with Gasteiger partial charge in [-0.05, 0) is 86.6 Å². The zero-order chi connectivity index (χ0) is 17.9. The Bertz CT molecular complexity index is 829. The Balaban J connectivity index is 1.75. The number of nitrogens with one attached hydrogen (secondary N) is 2. The maximum Gasteiger partial charge on any atom is 0.261 e. The standard InChI is InChI=1S/C20H26N2O2S/c1-3-15(2)21-18-9-11-19(12-10-18)22-25(23,24)20-13-8-16-6-4-5-7-17(16)14-20/h8-15,21-22H,3-7H2,1-2H3. The van der Waals surface area contributed by atoms with Crippen LogP contribution in [-0.4, -0.2) is 14.5 Å². The van der Waals surface area contributed by atoms with Gasteiger partial charge in [-0.15, -0.1) is 0 Å². The van der Waals surface area contributed by atoms with Crippen molar-refractivity contribution in [1.29, 1.82) is 0 Å². The number of hydrogen-bond acceptors (Lipinski definition) is 3. The lowest BCUT2D eigenvalue weighted by molar-refractivity contribution is 0.600. The van der Waals surface area contributed by atoms with E-state index in [4.69, 9.17) is 0 Å². The van der Waals surface area contributed by atoms with Crippen molar-refractivity contribution in [2.45, 2.75) is 56.9 Å². The Labute approximate surface area is 150 Å². The van der Waals surface area contributed by atoms with E-state index in [2.05, 4.69) is 23.9 Å². The summed E-state index contributed by atoms with van der Waals surface area (Å²) < 4.78 is 28.0. The van der Waals surface area contributed by atoms with Crippen molar-refractivity contribution in [1.82, 2.24) is 0 Å². The van der Waals surface area contributed by atoms with E-state index < -0.39 is 10.0 Å². The molecule has 0 aliphatic heterocycles. The van der Waals surface area contributed by atoms with Gasteiger partial charge in [0.05, 0.1) is 4.90 Å². The molecule has 134 valence electrons. The van der Waals surface area contributed by atoms with E-state index in [0.717, 1.165) is 31.4 Å². The minimum Gasteiger partial charge on any atom is -0.383 e. The first-order chi connectivity index (χ1) is 12.0. The summed E-state index contributed by atoms with van der Waals surface area (Å²) in [6.07, 6.45) is 5.37. The van der Waals surface area contributed by atoms with Gasteiger partial charge in [-0.25, -0.2) is 8.42 Å². The number of rotatable bonds is 6. The van der Waals surface area contributed by atoms with Crippen molar-refractivity contribution in [3.63, 3.8) is 0 Å². The molecule has 3 rings (SSSR count). The van der Waals surface area contributed by atoms with Crippen LogP contribution in [0.2, 0.25) is 0 Å². The first-order valence-corrected chi connectivity index (χ1v) is 10.5. The van der Waals surface area contributed by atoms with Gasteiger partial charge in [0.1, 0.15) is 0 Å². The van der Waals surface area contributed by atoms with E-state index >= 15 is 0 Å². The fourth-order valence-electron chi connectivity index (χ4n) is 3.11. The van der Waals surface area contributed by atoms with Crippen molar-refractivity contribution in [3.05, 3.63) is 53.6 Å². The van der Waals surface area contributed by atoms with E-state index in [-0.39, 0.29) is 0 Å². The number of hydrogen-bond donors (Lipinski definition) is 2. The second-order valence-electron chi connectivity index (χ2n) is 6.77. The lowest BCUT2D eigenvalue weighted by Gasteiger charge is -2.17. The third-order valence-electron chi connectivity index (χ3n) is 4.79. The van der Waals surface area contributed by atoms with Crippen LogP contribution >= 0.6 is 0 Å². The van der Waals surface area contributed by atoms with Gasteiger partial charge >= 0.3 is 0 Å². The van der Waals surface area contributed by atoms with E-state index in [9.17, 15) is 8.42 Å². The highest BCUT2D eigenvalue weighted by molar-refractivity contribution is 7.92. The predicted molar refractivity (Wildman–Crippen MR) is 104 cm³/mol. The fourth-order valence-corrected chi connectivity index (χ4v) is 4.22. The smallest absolute Gasteiger partial charge is 0.261 e. The summed E-state index contributed by atoms with van der Waals surface area (Å²) in [5.74, 6) is 0. The molecule has 2 aromatic rings. The average Bonchev–Trinajstić information content (AvgIpc) is 2.62. The van der Waals surface area contributed by atoms with Crippen molar-refractivity contribution in [3.8, 4) is 0 Å². The molecular formula is C20H26N2O2S. The number of anilines is 2. The molecule has 1 aliphatic carbocycles. The molecule has 1 atom stereocenters. The second-order valence-corrected chi connectivity index (χ2v) is 8.46. The lowest BCUT2D eigenvalue weighted by atomic mass is 9.92. The first-order valence-electron chi connectivity index (χ1n) is 8.99. The number of fused-ring (bicyclic) bond motifs is 1. The minimum absolute atomic E-state index is 0.343. The van der Waals surface area contributed by atoms with Crippen LogP contribution in [0, 0.1) is 0 Å². The average molecular weight is 359 g/mol. The molecule has 0 radical (unpaired) electrons. The molecule has 0 bridgehead atoms. The first kappa shape index (κ1) is 17.8. The van der Waals surface area contributed by atoms with E-state index in [1.54, 1.807) is 18.2 Å². The molecule has 0 aromatic heterocycles. The molecule has 25 heavy (non-hydrogen) atoms. The summed E-state index contributed by atoms with van der Waals surface area (Å²) in [5, 5.41) is 3.37. The fraction of sp³-hybridized carbons (Fsp3) is 0.400. The number of benzene rings is 2. The summed E-state index contributed by atoms with van der Waals surface area (Å²) in [4.78, 5) is 0.343. The van der Waals surface area contributed by atoms with Crippen LogP contribution in [0.1, 0.15) is 44.2 Å². The summed E-state index contributed by atoms with van der Waals surface area (Å²) in [7, 11) is -3.56. The van der Waals surface area contributed by atoms with Crippen molar-refractivity contribution < 1.29 is 8.42 Å². The van der Waals surface area contributed by atoms with Gasteiger partial charge in [-0.2, -0.15) is 0 Å². The molecule has 0 amide bonds. The molecule has 1 unspecified atom stereocenters. The van der Waals surface area contributed by atoms with Gasteiger partial charge < -0.3 is 5.32 Å². The van der Waals surface area contributed by atoms with Gasteiger partial charge in [0.25, 0.3) is 10.0 Å². The maximum absolute atomic E-state index is 12.7. The molecule has 0 heterocycles. The van der Waals surface area contributed by atoms with Crippen molar-refractivity contribution in [2.75, 3.05) is 10.0 Å². The monoisotopic (exact) mass is 358 g/mol. The van der Waals surface area contributed by atoms with Crippen LogP contribution in [0.4, 0.5) is 11.4 Å². The van der Waals surface area contributed by atoms with Crippen molar-refractivity contribution >= 4 is 21.4 Å². The van der Waals surface area contributed by atoms with Crippen LogP contribution in [-0.2, 0) is 22.9 Å². The lowest BCUT2D eigenvalue weighted by Crippen LogP contribution is -2.15. The molecule has 0 fully saturated rings. The zero-order valence-electron chi connectivity index (χ0n) is 14.9. The third-order valence-corrected chi connectivity index (χ3v) is 6.17. The van der Waals surface area contributed by atoms with Gasteiger partial charge in [0, 0.05) is 17.4 Å². The van der Waals surface area contributed by atoms with Gasteiger partial charge in [0.2, 0.25) is 0 Å². The van der Waals surface area contributed by atoms with Crippen LogP contribution in [0.25, 0.3) is 0 Å². The molecule has 5 heteroatoms. The molecule has 2 aromatic carbocycles. The summed E-state index contributed by atoms with van der Waals surface area (Å²) >= 11 is 0. The Morgan fingerprint density at radius 1 is 0.960 bits per heavy atom. The van der Waals surface area contributed by atoms with Gasteiger partial charge in [-0.3, -0.25) is 4.72 Å². The largest absolute Gasteiger partial charge is 0.383 e. The van der Waals surface area contributed by atoms with E-state index in [0.29, 0.717) is 16.6 Å². The molecular weight excluding hydrogens is 332 g/mol. The molecule has 0 spiro atoms. The molecule has 4 nitrogen and oxygen atoms in total. The summed E-state index contributed by atoms with van der Waals surface area (Å²) in [5.41, 5.74) is 4.02. The van der Waals surface area contributed by atoms with Crippen LogP contribution in [0.5, 0.6) is 0 Å². The highest BCUT2D eigenvalue weighted by Gasteiger charge is 2.17. The minimum atomic E-state index is -3.56. The molecule has 0 saturated heterocycles. The Kier molecular flexibility index (Phi) is 5.33. The van der Waals surface area contributed by atoms with Crippen LogP contribution in [0.15, 0.2) is 47.4 Å². The van der Waals surface area contributed by atoms with Gasteiger partial charge in [0.15, 0.2) is 0 Å². The topological polar surface area (TPSA) is 58.2 Å².